The minimum atomic E-state index is 0.714. The molecule has 0 aliphatic rings. The normalized spacial score (nSPS) is 12.1. The van der Waals surface area contributed by atoms with Gasteiger partial charge in [-0.25, -0.2) is 0 Å². The van der Waals surface area contributed by atoms with Crippen molar-refractivity contribution in [2.75, 3.05) is 14.2 Å². The van der Waals surface area contributed by atoms with Crippen LogP contribution in [0.15, 0.2) is 54.6 Å². The SMILES string of the molecule is COc1ccc(C[NH+](C)Cn2nc(C)n(-c3ccccc3)c2=S)cc1. The highest BCUT2D eigenvalue weighted by Crippen LogP contribution is 2.12. The van der Waals surface area contributed by atoms with Gasteiger partial charge in [-0.15, -0.1) is 0 Å². The summed E-state index contributed by atoms with van der Waals surface area (Å²) in [5.41, 5.74) is 2.30. The molecular weight excluding hydrogens is 332 g/mol. The van der Waals surface area contributed by atoms with Gasteiger partial charge in [-0.1, -0.05) is 18.2 Å². The Labute approximate surface area is 153 Å². The van der Waals surface area contributed by atoms with Crippen molar-refractivity contribution in [2.45, 2.75) is 20.1 Å². The van der Waals surface area contributed by atoms with Gasteiger partial charge in [0.15, 0.2) is 6.67 Å². The molecule has 1 unspecified atom stereocenters. The molecule has 0 saturated carbocycles. The summed E-state index contributed by atoms with van der Waals surface area (Å²) in [7, 11) is 3.82. The molecule has 0 spiro atoms. The summed E-state index contributed by atoms with van der Waals surface area (Å²) in [5, 5.41) is 4.63. The molecule has 25 heavy (non-hydrogen) atoms. The summed E-state index contributed by atoms with van der Waals surface area (Å²) < 4.78 is 9.84. The van der Waals surface area contributed by atoms with Crippen LogP contribution in [0.5, 0.6) is 5.75 Å². The number of methoxy groups -OCH3 is 1. The molecule has 6 heteroatoms. The van der Waals surface area contributed by atoms with Gasteiger partial charge in [-0.3, -0.25) is 4.57 Å². The molecule has 0 fully saturated rings. The highest BCUT2D eigenvalue weighted by atomic mass is 32.1. The maximum atomic E-state index is 5.64. The molecule has 1 atom stereocenters. The third kappa shape index (κ3) is 3.97. The molecule has 0 amide bonds. The number of para-hydroxylation sites is 1. The fourth-order valence-electron chi connectivity index (χ4n) is 2.90. The minimum absolute atomic E-state index is 0.714. The second-order valence-corrected chi connectivity index (χ2v) is 6.51. The Hall–Kier alpha value is -2.44. The molecule has 0 aliphatic carbocycles. The summed E-state index contributed by atoms with van der Waals surface area (Å²) in [4.78, 5) is 1.30. The molecule has 3 rings (SSSR count). The van der Waals surface area contributed by atoms with Gasteiger partial charge < -0.3 is 9.64 Å². The van der Waals surface area contributed by atoms with Crippen LogP contribution in [0.4, 0.5) is 0 Å². The van der Waals surface area contributed by atoms with Crippen molar-refractivity contribution in [1.29, 1.82) is 0 Å². The monoisotopic (exact) mass is 355 g/mol. The lowest BCUT2D eigenvalue weighted by Gasteiger charge is -2.14. The molecule has 3 aromatic rings. The van der Waals surface area contributed by atoms with E-state index in [-0.39, 0.29) is 0 Å². The number of quaternary nitrogens is 1. The van der Waals surface area contributed by atoms with Crippen molar-refractivity contribution >= 4 is 12.2 Å². The van der Waals surface area contributed by atoms with Crippen LogP contribution in [-0.2, 0) is 13.2 Å². The van der Waals surface area contributed by atoms with Gasteiger partial charge in [0, 0.05) is 11.3 Å². The first kappa shape index (κ1) is 17.4. The van der Waals surface area contributed by atoms with E-state index in [1.54, 1.807) is 7.11 Å². The number of rotatable bonds is 6. The molecule has 0 saturated heterocycles. The van der Waals surface area contributed by atoms with Crippen molar-refractivity contribution in [3.63, 3.8) is 0 Å². The molecule has 0 radical (unpaired) electrons. The van der Waals surface area contributed by atoms with Crippen LogP contribution < -0.4 is 9.64 Å². The summed E-state index contributed by atoms with van der Waals surface area (Å²) in [6, 6.07) is 18.3. The van der Waals surface area contributed by atoms with E-state index in [2.05, 4.69) is 24.3 Å². The van der Waals surface area contributed by atoms with Gasteiger partial charge in [0.05, 0.1) is 14.2 Å². The van der Waals surface area contributed by atoms with Gasteiger partial charge in [-0.2, -0.15) is 9.78 Å². The maximum absolute atomic E-state index is 5.64. The summed E-state index contributed by atoms with van der Waals surface area (Å²) in [6.45, 7) is 3.59. The predicted molar refractivity (Wildman–Crippen MR) is 101 cm³/mol. The number of nitrogens with one attached hydrogen (secondary N) is 1. The van der Waals surface area contributed by atoms with Crippen molar-refractivity contribution in [3.05, 3.63) is 70.8 Å². The quantitative estimate of drug-likeness (QED) is 0.690. The Morgan fingerprint density at radius 2 is 1.76 bits per heavy atom. The number of ether oxygens (including phenoxy) is 1. The number of hydrogen-bond donors (Lipinski definition) is 1. The smallest absolute Gasteiger partial charge is 0.207 e. The summed E-state index contributed by atoms with van der Waals surface area (Å²) in [6.07, 6.45) is 0. The lowest BCUT2D eigenvalue weighted by Crippen LogP contribution is -3.07. The third-order valence-electron chi connectivity index (χ3n) is 4.10. The number of aryl methyl sites for hydroxylation is 1. The van der Waals surface area contributed by atoms with Crippen molar-refractivity contribution in [3.8, 4) is 11.4 Å². The molecule has 1 N–H and O–H groups in total. The van der Waals surface area contributed by atoms with E-state index < -0.39 is 0 Å². The van der Waals surface area contributed by atoms with Gasteiger partial charge >= 0.3 is 0 Å². The lowest BCUT2D eigenvalue weighted by molar-refractivity contribution is -0.917. The Kier molecular flexibility index (Phi) is 5.31. The average molecular weight is 355 g/mol. The van der Waals surface area contributed by atoms with Crippen LogP contribution in [0, 0.1) is 11.7 Å². The number of aromatic nitrogens is 3. The standard InChI is InChI=1S/C19H22N4OS/c1-15-20-22(19(25)23(15)17-7-5-4-6-8-17)14-21(2)13-16-9-11-18(24-3)12-10-16/h4-12H,13-14H2,1-3H3/p+1. The molecule has 0 bridgehead atoms. The Morgan fingerprint density at radius 1 is 1.08 bits per heavy atom. The van der Waals surface area contributed by atoms with Gasteiger partial charge in [0.1, 0.15) is 18.1 Å². The first-order chi connectivity index (χ1) is 12.1. The van der Waals surface area contributed by atoms with E-state index in [1.165, 1.54) is 10.5 Å². The zero-order valence-electron chi connectivity index (χ0n) is 14.8. The van der Waals surface area contributed by atoms with E-state index in [1.807, 2.05) is 58.6 Å². The summed E-state index contributed by atoms with van der Waals surface area (Å²) >= 11 is 5.64. The van der Waals surface area contributed by atoms with E-state index in [9.17, 15) is 0 Å². The van der Waals surface area contributed by atoms with E-state index in [0.29, 0.717) is 6.67 Å². The molecule has 130 valence electrons. The topological polar surface area (TPSA) is 36.4 Å². The number of benzene rings is 2. The van der Waals surface area contributed by atoms with Crippen LogP contribution >= 0.6 is 12.2 Å². The Balaban J connectivity index is 1.75. The van der Waals surface area contributed by atoms with Crippen LogP contribution in [0.2, 0.25) is 0 Å². The van der Waals surface area contributed by atoms with Crippen molar-refractivity contribution < 1.29 is 9.64 Å². The number of hydrogen-bond acceptors (Lipinski definition) is 3. The highest BCUT2D eigenvalue weighted by Gasteiger charge is 2.12. The molecule has 0 aliphatic heterocycles. The zero-order chi connectivity index (χ0) is 17.8. The van der Waals surface area contributed by atoms with Crippen LogP contribution in [0.25, 0.3) is 5.69 Å². The summed E-state index contributed by atoms with van der Waals surface area (Å²) in [5.74, 6) is 1.77. The molecule has 5 nitrogen and oxygen atoms in total. The van der Waals surface area contributed by atoms with Gasteiger partial charge in [0.25, 0.3) is 0 Å². The second kappa shape index (κ2) is 7.63. The fraction of sp³-hybridized carbons (Fsp3) is 0.263. The van der Waals surface area contributed by atoms with Crippen LogP contribution in [0.3, 0.4) is 0 Å². The first-order valence-electron chi connectivity index (χ1n) is 8.24. The Bertz CT molecular complexity index is 884. The molecule has 1 heterocycles. The second-order valence-electron chi connectivity index (χ2n) is 6.14. The highest BCUT2D eigenvalue weighted by molar-refractivity contribution is 7.71. The third-order valence-corrected chi connectivity index (χ3v) is 4.49. The minimum Gasteiger partial charge on any atom is -0.497 e. The largest absolute Gasteiger partial charge is 0.497 e. The van der Waals surface area contributed by atoms with Crippen molar-refractivity contribution in [1.82, 2.24) is 14.3 Å². The zero-order valence-corrected chi connectivity index (χ0v) is 15.6. The number of nitrogens with zero attached hydrogens (tertiary/aromatic N) is 3. The van der Waals surface area contributed by atoms with Crippen LogP contribution in [-0.4, -0.2) is 28.5 Å². The predicted octanol–water partition coefficient (Wildman–Crippen LogP) is 2.39. The molecular formula is C19H23N4OS+. The average Bonchev–Trinajstić information content (AvgIpc) is 2.89. The van der Waals surface area contributed by atoms with E-state index >= 15 is 0 Å². The van der Waals surface area contributed by atoms with Crippen molar-refractivity contribution in [2.24, 2.45) is 0 Å². The van der Waals surface area contributed by atoms with Gasteiger partial charge in [0.2, 0.25) is 4.77 Å². The van der Waals surface area contributed by atoms with Gasteiger partial charge in [-0.05, 0) is 55.5 Å². The first-order valence-corrected chi connectivity index (χ1v) is 8.65. The van der Waals surface area contributed by atoms with E-state index in [4.69, 9.17) is 17.0 Å². The maximum Gasteiger partial charge on any atom is 0.207 e. The molecule has 1 aromatic heterocycles. The lowest BCUT2D eigenvalue weighted by atomic mass is 10.2. The molecule has 2 aromatic carbocycles. The Morgan fingerprint density at radius 3 is 2.40 bits per heavy atom. The van der Waals surface area contributed by atoms with E-state index in [0.717, 1.165) is 28.6 Å². The fourth-order valence-corrected chi connectivity index (χ4v) is 3.24. The van der Waals surface area contributed by atoms with Crippen LogP contribution in [0.1, 0.15) is 11.4 Å².